The number of hydrogen-bond acceptors (Lipinski definition) is 8. The van der Waals surface area contributed by atoms with Crippen molar-refractivity contribution in [3.05, 3.63) is 52.0 Å². The fourth-order valence-electron chi connectivity index (χ4n) is 4.71. The molecule has 1 saturated carbocycles. The Labute approximate surface area is 204 Å². The second kappa shape index (κ2) is 9.00. The molecule has 1 N–H and O–H groups in total. The topological polar surface area (TPSA) is 66.4 Å². The van der Waals surface area contributed by atoms with Crippen molar-refractivity contribution in [3.8, 4) is 11.8 Å². The summed E-state index contributed by atoms with van der Waals surface area (Å²) < 4.78 is 6.19. The fourth-order valence-corrected chi connectivity index (χ4v) is 5.70. The zero-order valence-corrected chi connectivity index (χ0v) is 20.6. The molecule has 0 unspecified atom stereocenters. The third kappa shape index (κ3) is 4.52. The van der Waals surface area contributed by atoms with E-state index >= 15 is 0 Å². The zero-order chi connectivity index (χ0) is 23.1. The Kier molecular flexibility index (Phi) is 5.71. The van der Waals surface area contributed by atoms with Crippen molar-refractivity contribution in [3.63, 3.8) is 0 Å². The smallest absolute Gasteiger partial charge is 0.325 e. The average Bonchev–Trinajstić information content (AvgIpc) is 3.38. The number of fused-ring (bicyclic) bond motifs is 1. The van der Waals surface area contributed by atoms with Gasteiger partial charge in [-0.3, -0.25) is 0 Å². The lowest BCUT2D eigenvalue weighted by molar-refractivity contribution is 0.311. The van der Waals surface area contributed by atoms with Gasteiger partial charge in [-0.2, -0.15) is 9.97 Å². The summed E-state index contributed by atoms with van der Waals surface area (Å²) in [5.41, 5.74) is 3.93. The minimum Gasteiger partial charge on any atom is -0.424 e. The van der Waals surface area contributed by atoms with E-state index in [1.807, 2.05) is 18.3 Å². The maximum absolute atomic E-state index is 6.19. The SMILES string of the molecule is CC1=Cc2cc(Oc3nc(Nc4ncc(C5CCC5)s4)cc(N4CCN(C)CC4)n3)ccc2C1. The molecule has 0 spiro atoms. The Hall–Kier alpha value is -2.97. The average molecular weight is 475 g/mol. The van der Waals surface area contributed by atoms with Crippen LogP contribution in [0.5, 0.6) is 11.8 Å². The summed E-state index contributed by atoms with van der Waals surface area (Å²) in [6, 6.07) is 8.59. The van der Waals surface area contributed by atoms with E-state index < -0.39 is 0 Å². The van der Waals surface area contributed by atoms with Gasteiger partial charge in [0.25, 0.3) is 0 Å². The van der Waals surface area contributed by atoms with E-state index in [1.165, 1.54) is 40.8 Å². The van der Waals surface area contributed by atoms with E-state index in [1.54, 1.807) is 11.3 Å². The number of hydrogen-bond donors (Lipinski definition) is 1. The number of aromatic nitrogens is 3. The first kappa shape index (κ1) is 21.6. The number of ether oxygens (including phenoxy) is 1. The van der Waals surface area contributed by atoms with E-state index in [9.17, 15) is 0 Å². The molecule has 1 aromatic carbocycles. The molecule has 0 radical (unpaired) electrons. The Bertz CT molecular complexity index is 1230. The van der Waals surface area contributed by atoms with Crippen LogP contribution in [-0.4, -0.2) is 53.1 Å². The Balaban J connectivity index is 1.28. The van der Waals surface area contributed by atoms with Crippen molar-refractivity contribution < 1.29 is 4.74 Å². The van der Waals surface area contributed by atoms with Crippen LogP contribution in [0.15, 0.2) is 36.0 Å². The normalized spacial score (nSPS) is 18.4. The molecule has 2 aromatic heterocycles. The van der Waals surface area contributed by atoms with Crippen molar-refractivity contribution in [1.29, 1.82) is 0 Å². The van der Waals surface area contributed by atoms with Gasteiger partial charge >= 0.3 is 6.01 Å². The minimum atomic E-state index is 0.355. The lowest BCUT2D eigenvalue weighted by atomic mass is 9.85. The summed E-state index contributed by atoms with van der Waals surface area (Å²) in [6.45, 7) is 6.04. The van der Waals surface area contributed by atoms with Crippen LogP contribution in [0.3, 0.4) is 0 Å². The zero-order valence-electron chi connectivity index (χ0n) is 19.8. The van der Waals surface area contributed by atoms with Crippen molar-refractivity contribution in [2.45, 2.75) is 38.5 Å². The number of rotatable bonds is 6. The molecule has 3 heterocycles. The highest BCUT2D eigenvalue weighted by atomic mass is 32.1. The minimum absolute atomic E-state index is 0.355. The molecule has 1 saturated heterocycles. The predicted octanol–water partition coefficient (Wildman–Crippen LogP) is 5.45. The maximum Gasteiger partial charge on any atom is 0.325 e. The Morgan fingerprint density at radius 2 is 1.94 bits per heavy atom. The van der Waals surface area contributed by atoms with Gasteiger partial charge in [0.15, 0.2) is 5.13 Å². The quantitative estimate of drug-likeness (QED) is 0.510. The summed E-state index contributed by atoms with van der Waals surface area (Å²) in [6.07, 6.45) is 9.11. The number of allylic oxidation sites excluding steroid dienone is 1. The molecule has 2 aliphatic carbocycles. The molecular weight excluding hydrogens is 444 g/mol. The second-order valence-electron chi connectivity index (χ2n) is 9.64. The van der Waals surface area contributed by atoms with Gasteiger partial charge in [-0.1, -0.05) is 24.1 Å². The molecular formula is C26H30N6OS. The Morgan fingerprint density at radius 1 is 1.09 bits per heavy atom. The number of piperazine rings is 1. The van der Waals surface area contributed by atoms with E-state index in [2.05, 4.69) is 52.3 Å². The monoisotopic (exact) mass is 474 g/mol. The number of benzene rings is 1. The van der Waals surface area contributed by atoms with Gasteiger partial charge in [0.1, 0.15) is 17.4 Å². The number of thiazole rings is 1. The summed E-state index contributed by atoms with van der Waals surface area (Å²) in [4.78, 5) is 20.1. The van der Waals surface area contributed by atoms with Crippen LogP contribution in [-0.2, 0) is 6.42 Å². The molecule has 1 aliphatic heterocycles. The molecule has 3 aromatic rings. The number of nitrogens with zero attached hydrogens (tertiary/aromatic N) is 5. The second-order valence-corrected chi connectivity index (χ2v) is 10.7. The van der Waals surface area contributed by atoms with Gasteiger partial charge in [-0.15, -0.1) is 11.3 Å². The van der Waals surface area contributed by atoms with Gasteiger partial charge in [0.2, 0.25) is 0 Å². The van der Waals surface area contributed by atoms with E-state index in [0.717, 1.165) is 49.3 Å². The first-order chi connectivity index (χ1) is 16.6. The van der Waals surface area contributed by atoms with Crippen molar-refractivity contribution in [1.82, 2.24) is 19.9 Å². The van der Waals surface area contributed by atoms with Crippen LogP contribution in [0.25, 0.3) is 6.08 Å². The van der Waals surface area contributed by atoms with Crippen LogP contribution in [0, 0.1) is 0 Å². The summed E-state index contributed by atoms with van der Waals surface area (Å²) in [7, 11) is 2.16. The highest BCUT2D eigenvalue weighted by molar-refractivity contribution is 7.15. The summed E-state index contributed by atoms with van der Waals surface area (Å²) in [5.74, 6) is 3.03. The van der Waals surface area contributed by atoms with Crippen LogP contribution in [0.2, 0.25) is 0 Å². The third-order valence-corrected chi connectivity index (χ3v) is 8.06. The Morgan fingerprint density at radius 3 is 2.74 bits per heavy atom. The van der Waals surface area contributed by atoms with E-state index in [4.69, 9.17) is 14.7 Å². The molecule has 8 heteroatoms. The largest absolute Gasteiger partial charge is 0.424 e. The van der Waals surface area contributed by atoms with Crippen LogP contribution < -0.4 is 15.0 Å². The molecule has 2 fully saturated rings. The van der Waals surface area contributed by atoms with E-state index in [-0.39, 0.29) is 0 Å². The van der Waals surface area contributed by atoms with Gasteiger partial charge in [0.05, 0.1) is 0 Å². The predicted molar refractivity (Wildman–Crippen MR) is 138 cm³/mol. The molecule has 3 aliphatic rings. The molecule has 6 rings (SSSR count). The molecule has 7 nitrogen and oxygen atoms in total. The molecule has 176 valence electrons. The fraction of sp³-hybridized carbons (Fsp3) is 0.423. The van der Waals surface area contributed by atoms with Crippen molar-refractivity contribution >= 4 is 34.2 Å². The molecule has 0 atom stereocenters. The number of anilines is 3. The summed E-state index contributed by atoms with van der Waals surface area (Å²) >= 11 is 1.73. The van der Waals surface area contributed by atoms with Crippen LogP contribution in [0.4, 0.5) is 16.8 Å². The van der Waals surface area contributed by atoms with Crippen LogP contribution in [0.1, 0.15) is 48.1 Å². The van der Waals surface area contributed by atoms with Gasteiger partial charge in [-0.25, -0.2) is 4.98 Å². The van der Waals surface area contributed by atoms with Gasteiger partial charge in [0, 0.05) is 43.3 Å². The van der Waals surface area contributed by atoms with Crippen molar-refractivity contribution in [2.24, 2.45) is 0 Å². The first-order valence-electron chi connectivity index (χ1n) is 12.1. The number of likely N-dealkylation sites (N-methyl/N-ethyl adjacent to an activating group) is 1. The highest BCUT2D eigenvalue weighted by Gasteiger charge is 2.23. The van der Waals surface area contributed by atoms with Crippen LogP contribution >= 0.6 is 11.3 Å². The number of nitrogens with one attached hydrogen (secondary N) is 1. The van der Waals surface area contributed by atoms with E-state index in [0.29, 0.717) is 17.7 Å². The lowest BCUT2D eigenvalue weighted by Gasteiger charge is -2.33. The third-order valence-electron chi connectivity index (χ3n) is 6.98. The molecule has 0 bridgehead atoms. The summed E-state index contributed by atoms with van der Waals surface area (Å²) in [5, 5.41) is 4.29. The maximum atomic E-state index is 6.19. The molecule has 34 heavy (non-hydrogen) atoms. The standard InChI is InChI=1S/C26H30N6OS/c1-17-12-19-6-7-21(14-20(19)13-17)33-25-28-23(15-24(30-25)32-10-8-31(2)9-11-32)29-26-27-16-22(34-26)18-4-3-5-18/h6-7,13-16,18H,3-5,8-12H2,1-2H3,(H,27,28,29,30). The molecule has 0 amide bonds. The van der Waals surface area contributed by atoms with Gasteiger partial charge < -0.3 is 19.9 Å². The first-order valence-corrected chi connectivity index (χ1v) is 12.9. The van der Waals surface area contributed by atoms with Crippen molar-refractivity contribution in [2.75, 3.05) is 43.4 Å². The lowest BCUT2D eigenvalue weighted by Crippen LogP contribution is -2.44. The van der Waals surface area contributed by atoms with Gasteiger partial charge in [-0.05, 0) is 62.4 Å². The highest BCUT2D eigenvalue weighted by Crippen LogP contribution is 2.40.